The lowest BCUT2D eigenvalue weighted by molar-refractivity contribution is 0.0145. The minimum atomic E-state index is -0.139. The third-order valence-electron chi connectivity index (χ3n) is 4.59. The number of aliphatic hydroxyl groups excluding tert-OH is 1. The Balaban J connectivity index is 1.71. The first-order valence-corrected chi connectivity index (χ1v) is 7.78. The van der Waals surface area contributed by atoms with Crippen LogP contribution in [0, 0.1) is 5.92 Å². The van der Waals surface area contributed by atoms with E-state index in [0.717, 1.165) is 38.9 Å². The van der Waals surface area contributed by atoms with Crippen LogP contribution in [0.25, 0.3) is 0 Å². The standard InChI is InChI=1S/C16H24N2O3/c1-20-15-3-2-11(10-17-15)16(12-8-14(19)9-12)18-13-4-6-21-7-5-13/h2-3,10,12-14,16,18-19H,4-9H2,1H3. The Bertz CT molecular complexity index is 439. The second-order valence-corrected chi connectivity index (χ2v) is 6.05. The van der Waals surface area contributed by atoms with Crippen LogP contribution in [0.15, 0.2) is 18.3 Å². The van der Waals surface area contributed by atoms with E-state index in [1.807, 2.05) is 12.3 Å². The van der Waals surface area contributed by atoms with Gasteiger partial charge in [-0.05, 0) is 37.2 Å². The molecule has 5 nitrogen and oxygen atoms in total. The summed E-state index contributed by atoms with van der Waals surface area (Å²) >= 11 is 0. The Labute approximate surface area is 125 Å². The maximum Gasteiger partial charge on any atom is 0.212 e. The molecule has 1 saturated heterocycles. The number of nitrogens with one attached hydrogen (secondary N) is 1. The van der Waals surface area contributed by atoms with E-state index in [4.69, 9.17) is 9.47 Å². The van der Waals surface area contributed by atoms with Crippen LogP contribution in [-0.2, 0) is 4.74 Å². The van der Waals surface area contributed by atoms with E-state index in [1.54, 1.807) is 7.11 Å². The van der Waals surface area contributed by atoms with E-state index in [0.29, 0.717) is 17.8 Å². The monoisotopic (exact) mass is 292 g/mol. The van der Waals surface area contributed by atoms with E-state index in [1.165, 1.54) is 5.56 Å². The van der Waals surface area contributed by atoms with Crippen LogP contribution in [0.5, 0.6) is 5.88 Å². The number of nitrogens with zero attached hydrogens (tertiary/aromatic N) is 1. The van der Waals surface area contributed by atoms with Crippen LogP contribution in [0.4, 0.5) is 0 Å². The van der Waals surface area contributed by atoms with Crippen molar-refractivity contribution in [1.82, 2.24) is 10.3 Å². The summed E-state index contributed by atoms with van der Waals surface area (Å²) in [7, 11) is 1.63. The number of methoxy groups -OCH3 is 1. The largest absolute Gasteiger partial charge is 0.481 e. The van der Waals surface area contributed by atoms with Gasteiger partial charge in [0.05, 0.1) is 13.2 Å². The third kappa shape index (κ3) is 3.54. The number of ether oxygens (including phenoxy) is 2. The Kier molecular flexibility index (Phi) is 4.73. The number of pyridine rings is 1. The first-order valence-electron chi connectivity index (χ1n) is 7.78. The number of rotatable bonds is 5. The van der Waals surface area contributed by atoms with Gasteiger partial charge < -0.3 is 19.9 Å². The molecule has 0 amide bonds. The van der Waals surface area contributed by atoms with Gasteiger partial charge in [-0.15, -0.1) is 0 Å². The molecule has 1 saturated carbocycles. The molecule has 0 bridgehead atoms. The number of hydrogen-bond donors (Lipinski definition) is 2. The molecule has 2 N–H and O–H groups in total. The average Bonchev–Trinajstić information content (AvgIpc) is 2.51. The Morgan fingerprint density at radius 2 is 2.10 bits per heavy atom. The number of hydrogen-bond acceptors (Lipinski definition) is 5. The molecular weight excluding hydrogens is 268 g/mol. The summed E-state index contributed by atoms with van der Waals surface area (Å²) in [6.07, 6.45) is 5.59. The van der Waals surface area contributed by atoms with Crippen LogP contribution in [0.3, 0.4) is 0 Å². The molecule has 3 rings (SSSR count). The molecule has 2 aliphatic rings. The van der Waals surface area contributed by atoms with Crippen molar-refractivity contribution in [3.05, 3.63) is 23.9 Å². The second-order valence-electron chi connectivity index (χ2n) is 6.05. The fourth-order valence-electron chi connectivity index (χ4n) is 3.22. The highest BCUT2D eigenvalue weighted by atomic mass is 16.5. The lowest BCUT2D eigenvalue weighted by atomic mass is 9.75. The zero-order valence-corrected chi connectivity index (χ0v) is 12.5. The van der Waals surface area contributed by atoms with E-state index in [-0.39, 0.29) is 12.1 Å². The van der Waals surface area contributed by atoms with Gasteiger partial charge >= 0.3 is 0 Å². The predicted molar refractivity (Wildman–Crippen MR) is 79.2 cm³/mol. The molecule has 1 aliphatic heterocycles. The smallest absolute Gasteiger partial charge is 0.212 e. The topological polar surface area (TPSA) is 63.6 Å². The molecule has 2 fully saturated rings. The molecule has 0 aromatic carbocycles. The van der Waals surface area contributed by atoms with Gasteiger partial charge in [0.15, 0.2) is 0 Å². The predicted octanol–water partition coefficient (Wildman–Crippen LogP) is 1.67. The fourth-order valence-corrected chi connectivity index (χ4v) is 3.22. The number of aliphatic hydroxyl groups is 1. The third-order valence-corrected chi connectivity index (χ3v) is 4.59. The first-order chi connectivity index (χ1) is 10.3. The van der Waals surface area contributed by atoms with Gasteiger partial charge in [0.25, 0.3) is 0 Å². The van der Waals surface area contributed by atoms with Crippen molar-refractivity contribution in [2.24, 2.45) is 5.92 Å². The molecule has 1 aromatic rings. The summed E-state index contributed by atoms with van der Waals surface area (Å²) in [5.74, 6) is 1.12. The van der Waals surface area contributed by atoms with E-state index >= 15 is 0 Å². The van der Waals surface area contributed by atoms with E-state index < -0.39 is 0 Å². The molecule has 1 aromatic heterocycles. The van der Waals surface area contributed by atoms with Crippen molar-refractivity contribution in [3.8, 4) is 5.88 Å². The molecular formula is C16H24N2O3. The van der Waals surface area contributed by atoms with Crippen molar-refractivity contribution in [2.75, 3.05) is 20.3 Å². The minimum Gasteiger partial charge on any atom is -0.481 e. The van der Waals surface area contributed by atoms with E-state index in [2.05, 4.69) is 16.4 Å². The van der Waals surface area contributed by atoms with Gasteiger partial charge in [-0.25, -0.2) is 4.98 Å². The summed E-state index contributed by atoms with van der Waals surface area (Å²) in [5.41, 5.74) is 1.18. The molecule has 1 atom stereocenters. The maximum absolute atomic E-state index is 9.62. The summed E-state index contributed by atoms with van der Waals surface area (Å²) in [4.78, 5) is 4.32. The molecule has 5 heteroatoms. The molecule has 1 aliphatic carbocycles. The van der Waals surface area contributed by atoms with Gasteiger partial charge in [0.1, 0.15) is 0 Å². The zero-order valence-electron chi connectivity index (χ0n) is 12.5. The van der Waals surface area contributed by atoms with Gasteiger partial charge in [-0.2, -0.15) is 0 Å². The van der Waals surface area contributed by atoms with Crippen LogP contribution < -0.4 is 10.1 Å². The maximum atomic E-state index is 9.62. The second kappa shape index (κ2) is 6.73. The highest BCUT2D eigenvalue weighted by Gasteiger charge is 2.36. The summed E-state index contributed by atoms with van der Waals surface area (Å²) in [6.45, 7) is 1.66. The van der Waals surface area contributed by atoms with Gasteiger partial charge in [0.2, 0.25) is 5.88 Å². The number of aromatic nitrogens is 1. The SMILES string of the molecule is COc1ccc(C(NC2CCOCC2)C2CC(O)C2)cn1. The van der Waals surface area contributed by atoms with Crippen LogP contribution in [0.2, 0.25) is 0 Å². The van der Waals surface area contributed by atoms with Gasteiger partial charge in [-0.3, -0.25) is 0 Å². The lowest BCUT2D eigenvalue weighted by Crippen LogP contribution is -2.44. The lowest BCUT2D eigenvalue weighted by Gasteiger charge is -2.40. The van der Waals surface area contributed by atoms with Crippen LogP contribution in [0.1, 0.15) is 37.3 Å². The summed E-state index contributed by atoms with van der Waals surface area (Å²) < 4.78 is 10.6. The highest BCUT2D eigenvalue weighted by Crippen LogP contribution is 2.38. The normalized spacial score (nSPS) is 27.9. The molecule has 0 radical (unpaired) electrons. The van der Waals surface area contributed by atoms with Crippen molar-refractivity contribution in [3.63, 3.8) is 0 Å². The Morgan fingerprint density at radius 3 is 2.67 bits per heavy atom. The Hall–Kier alpha value is -1.17. The fraction of sp³-hybridized carbons (Fsp3) is 0.688. The molecule has 0 spiro atoms. The Morgan fingerprint density at radius 1 is 1.33 bits per heavy atom. The highest BCUT2D eigenvalue weighted by molar-refractivity contribution is 5.22. The minimum absolute atomic E-state index is 0.139. The molecule has 116 valence electrons. The first kappa shape index (κ1) is 14.8. The van der Waals surface area contributed by atoms with Crippen molar-refractivity contribution < 1.29 is 14.6 Å². The van der Waals surface area contributed by atoms with Crippen molar-refractivity contribution in [1.29, 1.82) is 0 Å². The molecule has 21 heavy (non-hydrogen) atoms. The summed E-state index contributed by atoms with van der Waals surface area (Å²) in [5, 5.41) is 13.4. The zero-order chi connectivity index (χ0) is 14.7. The quantitative estimate of drug-likeness (QED) is 0.864. The van der Waals surface area contributed by atoms with Gasteiger partial charge in [0, 0.05) is 37.6 Å². The van der Waals surface area contributed by atoms with Crippen LogP contribution >= 0.6 is 0 Å². The molecule has 1 unspecified atom stereocenters. The average molecular weight is 292 g/mol. The van der Waals surface area contributed by atoms with Crippen LogP contribution in [-0.4, -0.2) is 42.6 Å². The van der Waals surface area contributed by atoms with E-state index in [9.17, 15) is 5.11 Å². The van der Waals surface area contributed by atoms with Gasteiger partial charge in [-0.1, -0.05) is 6.07 Å². The van der Waals surface area contributed by atoms with Crippen molar-refractivity contribution in [2.45, 2.75) is 43.9 Å². The van der Waals surface area contributed by atoms with Crippen molar-refractivity contribution >= 4 is 0 Å². The summed E-state index contributed by atoms with van der Waals surface area (Å²) in [6, 6.07) is 4.73. The molecule has 2 heterocycles.